The molecule has 1 aliphatic carbocycles. The molecule has 6 heteroatoms. The van der Waals surface area contributed by atoms with Gasteiger partial charge < -0.3 is 5.73 Å². The zero-order valence-electron chi connectivity index (χ0n) is 10.9. The van der Waals surface area contributed by atoms with Crippen LogP contribution in [0.5, 0.6) is 0 Å². The minimum Gasteiger partial charge on any atom is -0.319 e. The van der Waals surface area contributed by atoms with Gasteiger partial charge in [0.2, 0.25) is 4.96 Å². The van der Waals surface area contributed by atoms with Crippen LogP contribution in [0.3, 0.4) is 0 Å². The van der Waals surface area contributed by atoms with E-state index in [1.807, 2.05) is 6.92 Å². The van der Waals surface area contributed by atoms with E-state index in [0.29, 0.717) is 0 Å². The third-order valence-corrected chi connectivity index (χ3v) is 5.27. The Bertz CT molecular complexity index is 550. The van der Waals surface area contributed by atoms with Gasteiger partial charge in [-0.15, -0.1) is 10.2 Å². The summed E-state index contributed by atoms with van der Waals surface area (Å²) >= 11 is 1.59. The summed E-state index contributed by atoms with van der Waals surface area (Å²) < 4.78 is 1.81. The van der Waals surface area contributed by atoms with Gasteiger partial charge in [-0.25, -0.2) is 0 Å². The van der Waals surface area contributed by atoms with Crippen LogP contribution in [-0.2, 0) is 5.54 Å². The Morgan fingerprint density at radius 1 is 1.39 bits per heavy atom. The van der Waals surface area contributed by atoms with Gasteiger partial charge in [0.25, 0.3) is 0 Å². The van der Waals surface area contributed by atoms with Crippen molar-refractivity contribution in [3.8, 4) is 0 Å². The van der Waals surface area contributed by atoms with E-state index in [1.54, 1.807) is 15.9 Å². The molecule has 0 spiro atoms. The van der Waals surface area contributed by atoms with Gasteiger partial charge in [-0.2, -0.15) is 9.61 Å². The number of nitrogens with zero attached hydrogens (tertiary/aromatic N) is 4. The molecule has 2 N–H and O–H groups in total. The normalized spacial score (nSPS) is 28.9. The lowest BCUT2D eigenvalue weighted by Gasteiger charge is -2.34. The first-order valence-corrected chi connectivity index (χ1v) is 7.42. The molecule has 0 aromatic carbocycles. The number of hydrogen-bond donors (Lipinski definition) is 1. The summed E-state index contributed by atoms with van der Waals surface area (Å²) in [6, 6.07) is 0. The summed E-state index contributed by atoms with van der Waals surface area (Å²) in [5.74, 6) is 1.67. The molecule has 0 unspecified atom stereocenters. The predicted octanol–water partition coefficient (Wildman–Crippen LogP) is 2.25. The van der Waals surface area contributed by atoms with Crippen molar-refractivity contribution in [2.24, 2.45) is 11.7 Å². The Labute approximate surface area is 110 Å². The smallest absolute Gasteiger partial charge is 0.234 e. The SMILES string of the molecule is CCC1CCC(N)(c2nn3c(C)nnc3s2)CC1. The minimum absolute atomic E-state index is 0.247. The second-order valence-corrected chi connectivity index (χ2v) is 6.31. The van der Waals surface area contributed by atoms with Gasteiger partial charge >= 0.3 is 0 Å². The van der Waals surface area contributed by atoms with Gasteiger partial charge in [-0.3, -0.25) is 0 Å². The van der Waals surface area contributed by atoms with Gasteiger partial charge in [-0.05, 0) is 38.5 Å². The Morgan fingerprint density at radius 3 is 2.72 bits per heavy atom. The molecule has 2 aromatic rings. The molecule has 3 rings (SSSR count). The van der Waals surface area contributed by atoms with E-state index >= 15 is 0 Å². The molecule has 5 nitrogen and oxygen atoms in total. The third kappa shape index (κ3) is 1.83. The van der Waals surface area contributed by atoms with Gasteiger partial charge in [-0.1, -0.05) is 24.7 Å². The van der Waals surface area contributed by atoms with Crippen LogP contribution < -0.4 is 5.73 Å². The maximum atomic E-state index is 6.56. The Hall–Kier alpha value is -1.01. The van der Waals surface area contributed by atoms with Crippen molar-refractivity contribution in [1.29, 1.82) is 0 Å². The summed E-state index contributed by atoms with van der Waals surface area (Å²) in [6.07, 6.45) is 5.77. The van der Waals surface area contributed by atoms with Crippen molar-refractivity contribution in [3.05, 3.63) is 10.8 Å². The fraction of sp³-hybridized carbons (Fsp3) is 0.750. The van der Waals surface area contributed by atoms with Gasteiger partial charge in [0.15, 0.2) is 5.82 Å². The molecule has 1 aliphatic rings. The molecule has 0 saturated heterocycles. The van der Waals surface area contributed by atoms with E-state index < -0.39 is 0 Å². The minimum atomic E-state index is -0.247. The van der Waals surface area contributed by atoms with Crippen LogP contribution >= 0.6 is 11.3 Å². The van der Waals surface area contributed by atoms with E-state index in [-0.39, 0.29) is 5.54 Å². The average Bonchev–Trinajstić information content (AvgIpc) is 2.94. The van der Waals surface area contributed by atoms with Crippen LogP contribution in [0, 0.1) is 12.8 Å². The van der Waals surface area contributed by atoms with Crippen LogP contribution in [0.15, 0.2) is 0 Å². The second kappa shape index (κ2) is 4.28. The number of aryl methyl sites for hydroxylation is 1. The lowest BCUT2D eigenvalue weighted by Crippen LogP contribution is -2.40. The van der Waals surface area contributed by atoms with E-state index in [9.17, 15) is 0 Å². The molecule has 98 valence electrons. The summed E-state index contributed by atoms with van der Waals surface area (Å²) in [7, 11) is 0. The van der Waals surface area contributed by atoms with E-state index in [2.05, 4.69) is 22.2 Å². The molecule has 0 radical (unpaired) electrons. The van der Waals surface area contributed by atoms with Crippen LogP contribution in [0.4, 0.5) is 0 Å². The largest absolute Gasteiger partial charge is 0.319 e. The number of fused-ring (bicyclic) bond motifs is 1. The van der Waals surface area contributed by atoms with Gasteiger partial charge in [0, 0.05) is 0 Å². The Balaban J connectivity index is 1.89. The van der Waals surface area contributed by atoms with Crippen LogP contribution in [0.25, 0.3) is 4.96 Å². The number of aromatic nitrogens is 4. The van der Waals surface area contributed by atoms with Crippen molar-refractivity contribution >= 4 is 16.3 Å². The predicted molar refractivity (Wildman–Crippen MR) is 71.5 cm³/mol. The molecule has 0 amide bonds. The van der Waals surface area contributed by atoms with Crippen molar-refractivity contribution < 1.29 is 0 Å². The standard InChI is InChI=1S/C12H19N5S/c1-3-9-4-6-12(13,7-5-9)10-16-17-8(2)14-15-11(17)18-10/h9H,3-7,13H2,1-2H3. The van der Waals surface area contributed by atoms with Crippen molar-refractivity contribution in [2.45, 2.75) is 51.5 Å². The highest BCUT2D eigenvalue weighted by atomic mass is 32.1. The molecule has 18 heavy (non-hydrogen) atoms. The van der Waals surface area contributed by atoms with Crippen molar-refractivity contribution in [2.75, 3.05) is 0 Å². The maximum Gasteiger partial charge on any atom is 0.234 e. The summed E-state index contributed by atoms with van der Waals surface area (Å²) in [4.78, 5) is 0.852. The van der Waals surface area contributed by atoms with Crippen LogP contribution in [0.1, 0.15) is 49.9 Å². The highest BCUT2D eigenvalue weighted by Gasteiger charge is 2.36. The van der Waals surface area contributed by atoms with Gasteiger partial charge in [0.1, 0.15) is 5.01 Å². The lowest BCUT2D eigenvalue weighted by atomic mass is 9.76. The highest BCUT2D eigenvalue weighted by Crippen LogP contribution is 2.39. The molecule has 2 aromatic heterocycles. The number of hydrogen-bond acceptors (Lipinski definition) is 5. The Kier molecular flexibility index (Phi) is 2.86. The average molecular weight is 265 g/mol. The van der Waals surface area contributed by atoms with Crippen LogP contribution in [-0.4, -0.2) is 19.8 Å². The fourth-order valence-corrected chi connectivity index (χ4v) is 3.77. The zero-order chi connectivity index (χ0) is 12.8. The maximum absolute atomic E-state index is 6.56. The molecule has 2 heterocycles. The van der Waals surface area contributed by atoms with E-state index in [0.717, 1.165) is 34.6 Å². The first-order chi connectivity index (χ1) is 8.62. The zero-order valence-corrected chi connectivity index (χ0v) is 11.7. The van der Waals surface area contributed by atoms with Crippen LogP contribution in [0.2, 0.25) is 0 Å². The molecule has 1 saturated carbocycles. The summed E-state index contributed by atoms with van der Waals surface area (Å²) in [5.41, 5.74) is 6.31. The number of nitrogens with two attached hydrogens (primary N) is 1. The van der Waals surface area contributed by atoms with Crippen molar-refractivity contribution in [1.82, 2.24) is 19.8 Å². The van der Waals surface area contributed by atoms with E-state index in [4.69, 9.17) is 5.73 Å². The second-order valence-electron chi connectivity index (χ2n) is 5.36. The quantitative estimate of drug-likeness (QED) is 0.904. The first kappa shape index (κ1) is 12.0. The number of rotatable bonds is 2. The molecule has 0 atom stereocenters. The first-order valence-electron chi connectivity index (χ1n) is 6.60. The summed E-state index contributed by atoms with van der Waals surface area (Å²) in [5, 5.41) is 13.7. The fourth-order valence-electron chi connectivity index (χ4n) is 2.73. The Morgan fingerprint density at radius 2 is 2.11 bits per heavy atom. The third-order valence-electron chi connectivity index (χ3n) is 4.15. The molecule has 1 fully saturated rings. The molecular weight excluding hydrogens is 246 g/mol. The molecule has 0 aliphatic heterocycles. The van der Waals surface area contributed by atoms with Crippen molar-refractivity contribution in [3.63, 3.8) is 0 Å². The molecule has 0 bridgehead atoms. The molecular formula is C12H19N5S. The topological polar surface area (TPSA) is 69.1 Å². The van der Waals surface area contributed by atoms with E-state index in [1.165, 1.54) is 19.3 Å². The van der Waals surface area contributed by atoms with Gasteiger partial charge in [0.05, 0.1) is 5.54 Å². The lowest BCUT2D eigenvalue weighted by molar-refractivity contribution is 0.230. The highest BCUT2D eigenvalue weighted by molar-refractivity contribution is 7.16. The summed E-state index contributed by atoms with van der Waals surface area (Å²) in [6.45, 7) is 4.18. The monoisotopic (exact) mass is 265 g/mol.